The van der Waals surface area contributed by atoms with Crippen molar-refractivity contribution in [3.63, 3.8) is 0 Å². The molecule has 166 valence electrons. The second kappa shape index (κ2) is 11.4. The molecule has 1 atom stereocenters. The van der Waals surface area contributed by atoms with E-state index in [4.69, 9.17) is 9.99 Å². The van der Waals surface area contributed by atoms with Gasteiger partial charge in [-0.2, -0.15) is 0 Å². The highest BCUT2D eigenvalue weighted by atomic mass is 17.1. The lowest BCUT2D eigenvalue weighted by molar-refractivity contribution is -0.137. The lowest BCUT2D eigenvalue weighted by Crippen LogP contribution is -2.36. The molecule has 0 fully saturated rings. The summed E-state index contributed by atoms with van der Waals surface area (Å²) in [5, 5.41) is 8.93. The van der Waals surface area contributed by atoms with Crippen molar-refractivity contribution in [3.8, 4) is 11.5 Å². The van der Waals surface area contributed by atoms with Crippen molar-refractivity contribution in [2.24, 2.45) is 0 Å². The fourth-order valence-electron chi connectivity index (χ4n) is 4.03. The Morgan fingerprint density at radius 3 is 2.30 bits per heavy atom. The third-order valence-electron chi connectivity index (χ3n) is 5.99. The molecule has 2 rings (SSSR count). The van der Waals surface area contributed by atoms with Crippen LogP contribution < -0.4 is 9.62 Å². The van der Waals surface area contributed by atoms with Crippen LogP contribution in [-0.4, -0.2) is 10.9 Å². The summed E-state index contributed by atoms with van der Waals surface area (Å²) in [6, 6.07) is 3.70. The lowest BCUT2D eigenvalue weighted by Gasteiger charge is -2.36. The Balaban J connectivity index is 1.81. The second-order valence-electron chi connectivity index (χ2n) is 9.37. The highest BCUT2D eigenvalue weighted by molar-refractivity contribution is 5.48. The second-order valence-corrected chi connectivity index (χ2v) is 9.37. The van der Waals surface area contributed by atoms with E-state index in [-0.39, 0.29) is 5.60 Å². The fourth-order valence-corrected chi connectivity index (χ4v) is 4.03. The maximum Gasteiger partial charge on any atom is 0.165 e. The number of ether oxygens (including phenoxy) is 1. The van der Waals surface area contributed by atoms with Gasteiger partial charge in [0.25, 0.3) is 0 Å². The van der Waals surface area contributed by atoms with Crippen LogP contribution in [-0.2, 0) is 6.42 Å². The average Bonchev–Trinajstić information content (AvgIpc) is 2.68. The van der Waals surface area contributed by atoms with Crippen LogP contribution in [0.25, 0.3) is 0 Å². The van der Waals surface area contributed by atoms with Crippen molar-refractivity contribution in [1.29, 1.82) is 0 Å². The van der Waals surface area contributed by atoms with Gasteiger partial charge in [0.1, 0.15) is 11.4 Å². The summed E-state index contributed by atoms with van der Waals surface area (Å²) in [6.07, 6.45) is 15.6. The van der Waals surface area contributed by atoms with E-state index in [1.807, 2.05) is 19.1 Å². The third-order valence-corrected chi connectivity index (χ3v) is 5.99. The van der Waals surface area contributed by atoms with Gasteiger partial charge in [-0.05, 0) is 116 Å². The van der Waals surface area contributed by atoms with E-state index in [2.05, 4.69) is 57.7 Å². The van der Waals surface area contributed by atoms with Crippen LogP contribution in [0.5, 0.6) is 11.5 Å². The quantitative estimate of drug-likeness (QED) is 0.239. The van der Waals surface area contributed by atoms with Gasteiger partial charge in [-0.25, -0.2) is 5.26 Å². The first-order valence-corrected chi connectivity index (χ1v) is 11.3. The van der Waals surface area contributed by atoms with Crippen LogP contribution in [0.15, 0.2) is 47.1 Å². The Hall–Kier alpha value is -2.00. The van der Waals surface area contributed by atoms with Crippen molar-refractivity contribution in [3.05, 3.63) is 58.2 Å². The van der Waals surface area contributed by atoms with E-state index in [1.165, 1.54) is 16.7 Å². The first-order valence-electron chi connectivity index (χ1n) is 11.3. The van der Waals surface area contributed by atoms with Gasteiger partial charge in [-0.3, -0.25) is 0 Å². The molecule has 3 nitrogen and oxygen atoms in total. The average molecular weight is 413 g/mol. The Labute approximate surface area is 183 Å². The Kier molecular flexibility index (Phi) is 9.23. The number of fused-ring (bicyclic) bond motifs is 1. The first-order chi connectivity index (χ1) is 14.2. The summed E-state index contributed by atoms with van der Waals surface area (Å²) < 4.78 is 6.42. The molecule has 0 radical (unpaired) electrons. The van der Waals surface area contributed by atoms with E-state index in [9.17, 15) is 0 Å². The van der Waals surface area contributed by atoms with Gasteiger partial charge in [0.15, 0.2) is 5.75 Å². The van der Waals surface area contributed by atoms with Crippen LogP contribution in [0, 0.1) is 6.92 Å². The zero-order valence-corrected chi connectivity index (χ0v) is 19.8. The van der Waals surface area contributed by atoms with Gasteiger partial charge in [-0.1, -0.05) is 34.9 Å². The zero-order valence-electron chi connectivity index (χ0n) is 19.8. The summed E-state index contributed by atoms with van der Waals surface area (Å²) in [4.78, 5) is 4.41. The van der Waals surface area contributed by atoms with Crippen LogP contribution in [0.3, 0.4) is 0 Å². The van der Waals surface area contributed by atoms with Crippen LogP contribution in [0.4, 0.5) is 0 Å². The number of hydrogen-bond donors (Lipinski definition) is 1. The molecule has 1 aromatic carbocycles. The summed E-state index contributed by atoms with van der Waals surface area (Å²) in [6.45, 7) is 13.0. The molecule has 0 aliphatic carbocycles. The lowest BCUT2D eigenvalue weighted by atomic mass is 9.87. The topological polar surface area (TPSA) is 38.7 Å². The van der Waals surface area contributed by atoms with Crippen molar-refractivity contribution < 1.29 is 14.9 Å². The van der Waals surface area contributed by atoms with Crippen LogP contribution >= 0.6 is 0 Å². The Morgan fingerprint density at radius 2 is 1.67 bits per heavy atom. The highest BCUT2D eigenvalue weighted by Crippen LogP contribution is 2.40. The molecule has 1 aromatic rings. The molecule has 0 saturated carbocycles. The van der Waals surface area contributed by atoms with Crippen molar-refractivity contribution in [1.82, 2.24) is 0 Å². The standard InChI is InChI=1S/C27H40O3/c1-20(2)10-7-11-21(3)12-8-13-22(4)14-9-16-27(6)17-15-24-19-25(30-28)18-23(5)26(24)29-27/h10,12,14,18-19,28H,7-9,11,13,15-17H2,1-6H3/b21-12+,22-14+. The molecule has 0 aromatic heterocycles. The SMILES string of the molecule is CC(C)=CCC/C(C)=C/CC/C(C)=C/CCC1(C)CCc2cc(OO)cc(C)c2O1. The molecule has 1 unspecified atom stereocenters. The largest absolute Gasteiger partial charge is 0.487 e. The molecule has 0 bridgehead atoms. The smallest absolute Gasteiger partial charge is 0.165 e. The van der Waals surface area contributed by atoms with Gasteiger partial charge in [0.2, 0.25) is 0 Å². The predicted molar refractivity (Wildman–Crippen MR) is 126 cm³/mol. The number of rotatable bonds is 10. The predicted octanol–water partition coefficient (Wildman–Crippen LogP) is 8.13. The normalized spacial score (nSPS) is 19.2. The fraction of sp³-hybridized carbons (Fsp3) is 0.556. The van der Waals surface area contributed by atoms with E-state index < -0.39 is 0 Å². The minimum absolute atomic E-state index is 0.141. The maximum atomic E-state index is 8.93. The number of aryl methyl sites for hydroxylation is 2. The van der Waals surface area contributed by atoms with E-state index in [0.29, 0.717) is 5.75 Å². The number of hydrogen-bond acceptors (Lipinski definition) is 3. The molecule has 3 heteroatoms. The van der Waals surface area contributed by atoms with Crippen molar-refractivity contribution in [2.45, 2.75) is 98.5 Å². The molecular formula is C27H40O3. The van der Waals surface area contributed by atoms with Crippen LogP contribution in [0.1, 0.15) is 90.7 Å². The zero-order chi connectivity index (χ0) is 22.1. The number of allylic oxidation sites excluding steroid dienone is 6. The molecule has 30 heavy (non-hydrogen) atoms. The molecule has 0 saturated heterocycles. The monoisotopic (exact) mass is 412 g/mol. The molecule has 1 N–H and O–H groups in total. The summed E-state index contributed by atoms with van der Waals surface area (Å²) in [5.41, 5.74) is 6.35. The highest BCUT2D eigenvalue weighted by Gasteiger charge is 2.32. The van der Waals surface area contributed by atoms with E-state index in [1.54, 1.807) is 0 Å². The van der Waals surface area contributed by atoms with Crippen molar-refractivity contribution >= 4 is 0 Å². The Bertz CT molecular complexity index is 797. The molecule has 0 spiro atoms. The van der Waals surface area contributed by atoms with E-state index in [0.717, 1.165) is 68.2 Å². The molecule has 0 amide bonds. The van der Waals surface area contributed by atoms with Gasteiger partial charge in [0.05, 0.1) is 0 Å². The first kappa shape index (κ1) is 24.3. The number of benzene rings is 1. The minimum Gasteiger partial charge on any atom is -0.487 e. The summed E-state index contributed by atoms with van der Waals surface area (Å²) in [5.74, 6) is 1.44. The summed E-state index contributed by atoms with van der Waals surface area (Å²) >= 11 is 0. The van der Waals surface area contributed by atoms with Gasteiger partial charge >= 0.3 is 0 Å². The van der Waals surface area contributed by atoms with Crippen LogP contribution in [0.2, 0.25) is 0 Å². The third kappa shape index (κ3) is 7.68. The molecular weight excluding hydrogens is 372 g/mol. The maximum absolute atomic E-state index is 8.93. The molecule has 1 heterocycles. The molecule has 1 aliphatic rings. The Morgan fingerprint density at radius 1 is 1.03 bits per heavy atom. The summed E-state index contributed by atoms with van der Waals surface area (Å²) in [7, 11) is 0. The van der Waals surface area contributed by atoms with E-state index >= 15 is 0 Å². The molecule has 1 aliphatic heterocycles. The van der Waals surface area contributed by atoms with Gasteiger partial charge < -0.3 is 9.62 Å². The van der Waals surface area contributed by atoms with Gasteiger partial charge in [-0.15, -0.1) is 0 Å². The minimum atomic E-state index is -0.141. The van der Waals surface area contributed by atoms with Gasteiger partial charge in [0, 0.05) is 0 Å². The van der Waals surface area contributed by atoms with Crippen molar-refractivity contribution in [2.75, 3.05) is 0 Å².